The van der Waals surface area contributed by atoms with Gasteiger partial charge in [0.25, 0.3) is 0 Å². The van der Waals surface area contributed by atoms with Gasteiger partial charge in [-0.05, 0) is 86.4 Å². The number of likely N-dealkylation sites (tertiary alicyclic amines) is 1. The number of urea groups is 1. The molecule has 1 saturated heterocycles. The van der Waals surface area contributed by atoms with Gasteiger partial charge in [0.15, 0.2) is 0 Å². The monoisotopic (exact) mass is 516 g/mol. The first-order valence-electron chi connectivity index (χ1n) is 12.9. The van der Waals surface area contributed by atoms with Crippen molar-refractivity contribution < 1.29 is 18.7 Å². The Morgan fingerprint density at radius 3 is 2.26 bits per heavy atom. The fraction of sp³-hybridized carbons (Fsp3) is 0.267. The number of anilines is 1. The van der Waals surface area contributed by atoms with Gasteiger partial charge in [0.05, 0.1) is 6.04 Å². The minimum atomic E-state index is -0.391. The average Bonchev–Trinajstić information content (AvgIpc) is 3.44. The van der Waals surface area contributed by atoms with Crippen LogP contribution in [-0.2, 0) is 11.2 Å². The Balaban J connectivity index is 1.30. The summed E-state index contributed by atoms with van der Waals surface area (Å²) < 4.78 is 18.8. The third-order valence-electron chi connectivity index (χ3n) is 6.18. The van der Waals surface area contributed by atoms with Gasteiger partial charge in [-0.25, -0.2) is 9.18 Å². The standard InChI is InChI=1S/C30H33FN4O3/c31-24-8-13-27(14-9-24)38-28-15-10-25(11-16-28)33-30(37)34-26(22-23-6-2-1-3-7-23)12-17-29(36)32-18-21-35-19-4-5-20-35/h1-3,6-17,26H,4-5,18-22H2,(H,32,36)(H2,33,34,37)/t26-/m1/s1. The summed E-state index contributed by atoms with van der Waals surface area (Å²) in [5.74, 6) is 0.561. The third kappa shape index (κ3) is 9.05. The minimum absolute atomic E-state index is 0.179. The number of hydrogen-bond donors (Lipinski definition) is 3. The molecule has 38 heavy (non-hydrogen) atoms. The molecule has 1 aliphatic rings. The fourth-order valence-electron chi connectivity index (χ4n) is 4.22. The first kappa shape index (κ1) is 26.9. The van der Waals surface area contributed by atoms with Gasteiger partial charge in [-0.1, -0.05) is 36.4 Å². The Labute approximate surface area is 222 Å². The summed E-state index contributed by atoms with van der Waals surface area (Å²) >= 11 is 0. The van der Waals surface area contributed by atoms with Crippen LogP contribution in [0.4, 0.5) is 14.9 Å². The molecule has 0 bridgehead atoms. The van der Waals surface area contributed by atoms with Crippen LogP contribution in [0.2, 0.25) is 0 Å². The van der Waals surface area contributed by atoms with Crippen molar-refractivity contribution in [3.05, 3.63) is 102 Å². The lowest BCUT2D eigenvalue weighted by Crippen LogP contribution is -2.38. The summed E-state index contributed by atoms with van der Waals surface area (Å²) in [5, 5.41) is 8.67. The number of nitrogens with one attached hydrogen (secondary N) is 3. The third-order valence-corrected chi connectivity index (χ3v) is 6.18. The second-order valence-electron chi connectivity index (χ2n) is 9.17. The highest BCUT2D eigenvalue weighted by Gasteiger charge is 2.13. The van der Waals surface area contributed by atoms with Crippen LogP contribution in [0.15, 0.2) is 91.0 Å². The number of benzene rings is 3. The van der Waals surface area contributed by atoms with E-state index in [0.717, 1.165) is 25.2 Å². The van der Waals surface area contributed by atoms with Crippen molar-refractivity contribution in [2.24, 2.45) is 0 Å². The van der Waals surface area contributed by atoms with Gasteiger partial charge in [-0.15, -0.1) is 0 Å². The van der Waals surface area contributed by atoms with Crippen LogP contribution in [0, 0.1) is 5.82 Å². The molecule has 0 radical (unpaired) electrons. The van der Waals surface area contributed by atoms with Gasteiger partial charge < -0.3 is 25.6 Å². The van der Waals surface area contributed by atoms with Crippen molar-refractivity contribution in [1.29, 1.82) is 0 Å². The number of halogens is 1. The zero-order chi connectivity index (χ0) is 26.6. The Morgan fingerprint density at radius 2 is 1.58 bits per heavy atom. The number of rotatable bonds is 11. The van der Waals surface area contributed by atoms with E-state index >= 15 is 0 Å². The highest BCUT2D eigenvalue weighted by molar-refractivity contribution is 5.90. The van der Waals surface area contributed by atoms with Crippen LogP contribution >= 0.6 is 0 Å². The van der Waals surface area contributed by atoms with E-state index in [1.807, 2.05) is 30.3 Å². The van der Waals surface area contributed by atoms with Crippen molar-refractivity contribution in [2.75, 3.05) is 31.5 Å². The van der Waals surface area contributed by atoms with Crippen LogP contribution in [0.5, 0.6) is 11.5 Å². The summed E-state index contributed by atoms with van der Waals surface area (Å²) in [6.45, 7) is 3.63. The Bertz CT molecular complexity index is 1190. The first-order valence-corrected chi connectivity index (χ1v) is 12.9. The van der Waals surface area contributed by atoms with E-state index in [-0.39, 0.29) is 17.8 Å². The predicted octanol–water partition coefficient (Wildman–Crippen LogP) is 5.12. The smallest absolute Gasteiger partial charge is 0.319 e. The van der Waals surface area contributed by atoms with E-state index in [2.05, 4.69) is 20.9 Å². The van der Waals surface area contributed by atoms with E-state index in [1.165, 1.54) is 31.1 Å². The number of ether oxygens (including phenoxy) is 1. The molecule has 0 aliphatic carbocycles. The molecule has 198 valence electrons. The molecule has 8 heteroatoms. The molecule has 3 aromatic rings. The summed E-state index contributed by atoms with van der Waals surface area (Å²) in [4.78, 5) is 27.5. The van der Waals surface area contributed by atoms with Gasteiger partial charge in [-0.3, -0.25) is 4.79 Å². The molecule has 0 aromatic heterocycles. The highest BCUT2D eigenvalue weighted by atomic mass is 19.1. The van der Waals surface area contributed by atoms with Crippen LogP contribution in [-0.4, -0.2) is 49.1 Å². The molecule has 0 saturated carbocycles. The topological polar surface area (TPSA) is 82.7 Å². The predicted molar refractivity (Wildman–Crippen MR) is 147 cm³/mol. The second-order valence-corrected chi connectivity index (χ2v) is 9.17. The molecule has 1 heterocycles. The van der Waals surface area contributed by atoms with E-state index in [0.29, 0.717) is 30.2 Å². The lowest BCUT2D eigenvalue weighted by molar-refractivity contribution is -0.116. The van der Waals surface area contributed by atoms with Gasteiger partial charge >= 0.3 is 6.03 Å². The zero-order valence-electron chi connectivity index (χ0n) is 21.2. The summed E-state index contributed by atoms with van der Waals surface area (Å²) in [6, 6.07) is 21.6. The number of carbonyl (C=O) groups excluding carboxylic acids is 2. The number of nitrogens with zero attached hydrogens (tertiary/aromatic N) is 1. The molecular formula is C30H33FN4O3. The minimum Gasteiger partial charge on any atom is -0.457 e. The van der Waals surface area contributed by atoms with Gasteiger partial charge in [-0.2, -0.15) is 0 Å². The van der Waals surface area contributed by atoms with Crippen molar-refractivity contribution in [1.82, 2.24) is 15.5 Å². The number of amides is 3. The van der Waals surface area contributed by atoms with Crippen LogP contribution in [0.25, 0.3) is 0 Å². The number of hydrogen-bond acceptors (Lipinski definition) is 4. The van der Waals surface area contributed by atoms with Crippen molar-refractivity contribution in [3.63, 3.8) is 0 Å². The summed E-state index contributed by atoms with van der Waals surface area (Å²) in [5.41, 5.74) is 1.62. The zero-order valence-corrected chi connectivity index (χ0v) is 21.2. The van der Waals surface area contributed by atoms with Crippen LogP contribution < -0.4 is 20.7 Å². The van der Waals surface area contributed by atoms with E-state index in [4.69, 9.17) is 4.74 Å². The van der Waals surface area contributed by atoms with E-state index < -0.39 is 6.03 Å². The molecule has 3 N–H and O–H groups in total. The average molecular weight is 517 g/mol. The SMILES string of the molecule is O=C(C=C[C@H](Cc1ccccc1)NC(=O)Nc1ccc(Oc2ccc(F)cc2)cc1)NCCN1CCCC1. The maximum atomic E-state index is 13.1. The molecule has 3 amide bonds. The van der Waals surface area contributed by atoms with Gasteiger partial charge in [0.1, 0.15) is 17.3 Å². The highest BCUT2D eigenvalue weighted by Crippen LogP contribution is 2.23. The van der Waals surface area contributed by atoms with E-state index in [9.17, 15) is 14.0 Å². The van der Waals surface area contributed by atoms with Crippen LogP contribution in [0.3, 0.4) is 0 Å². The molecule has 7 nitrogen and oxygen atoms in total. The normalized spacial score (nSPS) is 14.2. The molecule has 0 unspecified atom stereocenters. The molecular weight excluding hydrogens is 483 g/mol. The molecule has 0 spiro atoms. The summed E-state index contributed by atoms with van der Waals surface area (Å²) in [7, 11) is 0. The van der Waals surface area contributed by atoms with Gasteiger partial charge in [0.2, 0.25) is 5.91 Å². The van der Waals surface area contributed by atoms with E-state index in [1.54, 1.807) is 42.5 Å². The Kier molecular flexibility index (Phi) is 9.87. The number of carbonyl (C=O) groups is 2. The summed E-state index contributed by atoms with van der Waals surface area (Å²) in [6.07, 6.45) is 6.18. The van der Waals surface area contributed by atoms with Crippen molar-refractivity contribution >= 4 is 17.6 Å². The fourth-order valence-corrected chi connectivity index (χ4v) is 4.22. The molecule has 1 aliphatic heterocycles. The van der Waals surface area contributed by atoms with Crippen molar-refractivity contribution in [3.8, 4) is 11.5 Å². The molecule has 4 rings (SSSR count). The first-order chi connectivity index (χ1) is 18.5. The quantitative estimate of drug-likeness (QED) is 0.309. The maximum Gasteiger partial charge on any atom is 0.319 e. The Morgan fingerprint density at radius 1 is 0.921 bits per heavy atom. The molecule has 3 aromatic carbocycles. The lowest BCUT2D eigenvalue weighted by atomic mass is 10.1. The van der Waals surface area contributed by atoms with Crippen LogP contribution in [0.1, 0.15) is 18.4 Å². The largest absolute Gasteiger partial charge is 0.457 e. The van der Waals surface area contributed by atoms with Crippen molar-refractivity contribution in [2.45, 2.75) is 25.3 Å². The second kappa shape index (κ2) is 13.9. The molecule has 1 fully saturated rings. The van der Waals surface area contributed by atoms with Gasteiger partial charge in [0, 0.05) is 24.9 Å². The molecule has 1 atom stereocenters. The lowest BCUT2D eigenvalue weighted by Gasteiger charge is -2.17. The maximum absolute atomic E-state index is 13.1. The Hall–Kier alpha value is -4.17.